The predicted octanol–water partition coefficient (Wildman–Crippen LogP) is 5.78. The summed E-state index contributed by atoms with van der Waals surface area (Å²) in [7, 11) is 0. The van der Waals surface area contributed by atoms with Gasteiger partial charge in [-0.1, -0.05) is 60.6 Å². The van der Waals surface area contributed by atoms with Crippen molar-refractivity contribution in [3.05, 3.63) is 65.3 Å². The van der Waals surface area contributed by atoms with Crippen molar-refractivity contribution in [1.82, 2.24) is 0 Å². The Morgan fingerprint density at radius 2 is 1.82 bits per heavy atom. The predicted molar refractivity (Wildman–Crippen MR) is 92.2 cm³/mol. The minimum Gasteiger partial charge on any atom is -0.0630 e. The van der Waals surface area contributed by atoms with Crippen molar-refractivity contribution in [3.63, 3.8) is 0 Å². The van der Waals surface area contributed by atoms with E-state index in [4.69, 9.17) is 0 Å². The summed E-state index contributed by atoms with van der Waals surface area (Å²) in [6, 6.07) is 10.9. The topological polar surface area (TPSA) is 0 Å². The summed E-state index contributed by atoms with van der Waals surface area (Å²) in [5.41, 5.74) is 6.38. The number of hydrogen-bond donors (Lipinski definition) is 0. The van der Waals surface area contributed by atoms with E-state index < -0.39 is 0 Å². The molecule has 2 bridgehead atoms. The molecule has 0 radical (unpaired) electrons. The fourth-order valence-corrected chi connectivity index (χ4v) is 5.89. The van der Waals surface area contributed by atoms with Gasteiger partial charge in [0, 0.05) is 0 Å². The lowest BCUT2D eigenvalue weighted by Crippen LogP contribution is -2.19. The van der Waals surface area contributed by atoms with Crippen LogP contribution in [0.15, 0.2) is 59.7 Å². The van der Waals surface area contributed by atoms with Crippen LogP contribution in [0.4, 0.5) is 0 Å². The minimum atomic E-state index is 0.937. The molecule has 1 aromatic rings. The van der Waals surface area contributed by atoms with Crippen molar-refractivity contribution in [2.24, 2.45) is 23.7 Å². The van der Waals surface area contributed by atoms with Crippen molar-refractivity contribution >= 4 is 5.57 Å². The molecule has 112 valence electrons. The van der Waals surface area contributed by atoms with Gasteiger partial charge in [-0.2, -0.15) is 0 Å². The SMILES string of the molecule is C1=CC(=C2CC3CC2C2CCCC32)CC(c2ccccc2)=C1. The zero-order chi connectivity index (χ0) is 14.5. The van der Waals surface area contributed by atoms with Crippen molar-refractivity contribution in [1.29, 1.82) is 0 Å². The van der Waals surface area contributed by atoms with Gasteiger partial charge in [-0.25, -0.2) is 0 Å². The van der Waals surface area contributed by atoms with Gasteiger partial charge in [-0.15, -0.1) is 0 Å². The summed E-state index contributed by atoms with van der Waals surface area (Å²) in [6.45, 7) is 0. The Hall–Kier alpha value is -1.56. The van der Waals surface area contributed by atoms with Crippen molar-refractivity contribution in [2.75, 3.05) is 0 Å². The maximum Gasteiger partial charge on any atom is -0.00202 e. The lowest BCUT2D eigenvalue weighted by Gasteiger charge is -2.29. The first-order chi connectivity index (χ1) is 10.9. The van der Waals surface area contributed by atoms with Crippen LogP contribution in [0.5, 0.6) is 0 Å². The fraction of sp³-hybridized carbons (Fsp3) is 0.455. The van der Waals surface area contributed by atoms with Gasteiger partial charge < -0.3 is 0 Å². The molecule has 0 amide bonds. The van der Waals surface area contributed by atoms with E-state index in [2.05, 4.69) is 48.6 Å². The minimum absolute atomic E-state index is 0.937. The molecule has 3 saturated carbocycles. The Morgan fingerprint density at radius 1 is 0.955 bits per heavy atom. The summed E-state index contributed by atoms with van der Waals surface area (Å²) >= 11 is 0. The van der Waals surface area contributed by atoms with Gasteiger partial charge in [0.15, 0.2) is 0 Å². The third kappa shape index (κ3) is 1.89. The molecule has 5 rings (SSSR count). The van der Waals surface area contributed by atoms with Gasteiger partial charge in [0.05, 0.1) is 0 Å². The van der Waals surface area contributed by atoms with Crippen LogP contribution >= 0.6 is 0 Å². The molecule has 0 aliphatic heterocycles. The molecule has 4 aliphatic rings. The van der Waals surface area contributed by atoms with Crippen LogP contribution < -0.4 is 0 Å². The Balaban J connectivity index is 1.46. The molecule has 0 nitrogen and oxygen atoms in total. The van der Waals surface area contributed by atoms with Crippen molar-refractivity contribution in [2.45, 2.75) is 38.5 Å². The summed E-state index contributed by atoms with van der Waals surface area (Å²) in [5, 5.41) is 0. The number of fused-ring (bicyclic) bond motifs is 5. The van der Waals surface area contributed by atoms with Gasteiger partial charge in [0.2, 0.25) is 0 Å². The fourth-order valence-electron chi connectivity index (χ4n) is 5.89. The van der Waals surface area contributed by atoms with E-state index in [0.717, 1.165) is 30.1 Å². The van der Waals surface area contributed by atoms with Gasteiger partial charge in [-0.05, 0) is 72.5 Å². The van der Waals surface area contributed by atoms with Crippen LogP contribution in [-0.4, -0.2) is 0 Å². The summed E-state index contributed by atoms with van der Waals surface area (Å²) < 4.78 is 0. The molecule has 3 fully saturated rings. The zero-order valence-corrected chi connectivity index (χ0v) is 13.2. The second kappa shape index (κ2) is 4.98. The molecule has 0 saturated heterocycles. The van der Waals surface area contributed by atoms with Crippen LogP contribution in [0.2, 0.25) is 0 Å². The molecule has 1 aromatic carbocycles. The maximum atomic E-state index is 2.41. The average Bonchev–Trinajstić information content (AvgIpc) is 3.28. The molecule has 0 aromatic heterocycles. The van der Waals surface area contributed by atoms with E-state index in [-0.39, 0.29) is 0 Å². The lowest BCUT2D eigenvalue weighted by molar-refractivity contribution is 0.303. The Kier molecular flexibility index (Phi) is 2.93. The molecule has 4 atom stereocenters. The van der Waals surface area contributed by atoms with Gasteiger partial charge >= 0.3 is 0 Å². The number of rotatable bonds is 1. The molecule has 0 N–H and O–H groups in total. The van der Waals surface area contributed by atoms with Crippen LogP contribution in [0.25, 0.3) is 5.57 Å². The highest BCUT2D eigenvalue weighted by Crippen LogP contribution is 2.61. The van der Waals surface area contributed by atoms with E-state index in [1.807, 2.05) is 5.57 Å². The Morgan fingerprint density at radius 3 is 2.73 bits per heavy atom. The van der Waals surface area contributed by atoms with Crippen molar-refractivity contribution < 1.29 is 0 Å². The normalized spacial score (nSPS) is 39.2. The molecular weight excluding hydrogens is 264 g/mol. The number of allylic oxidation sites excluding steroid dienone is 6. The first-order valence-electron chi connectivity index (χ1n) is 9.05. The number of hydrogen-bond acceptors (Lipinski definition) is 0. The first kappa shape index (κ1) is 12.9. The monoisotopic (exact) mass is 288 g/mol. The molecule has 0 spiro atoms. The van der Waals surface area contributed by atoms with Gasteiger partial charge in [0.25, 0.3) is 0 Å². The maximum absolute atomic E-state index is 2.41. The van der Waals surface area contributed by atoms with Crippen LogP contribution in [0.3, 0.4) is 0 Å². The summed E-state index contributed by atoms with van der Waals surface area (Å²) in [4.78, 5) is 0. The quantitative estimate of drug-likeness (QED) is 0.614. The van der Waals surface area contributed by atoms with Crippen LogP contribution in [0.1, 0.15) is 44.1 Å². The Bertz CT molecular complexity index is 673. The second-order valence-corrected chi connectivity index (χ2v) is 7.71. The lowest BCUT2D eigenvalue weighted by atomic mass is 9.76. The molecule has 4 aliphatic carbocycles. The van der Waals surface area contributed by atoms with E-state index in [1.165, 1.54) is 43.2 Å². The molecule has 0 heterocycles. The zero-order valence-electron chi connectivity index (χ0n) is 13.2. The van der Waals surface area contributed by atoms with Crippen LogP contribution in [0, 0.1) is 23.7 Å². The molecule has 22 heavy (non-hydrogen) atoms. The van der Waals surface area contributed by atoms with Gasteiger partial charge in [0.1, 0.15) is 0 Å². The van der Waals surface area contributed by atoms with Crippen LogP contribution in [-0.2, 0) is 0 Å². The first-order valence-corrected chi connectivity index (χ1v) is 9.05. The van der Waals surface area contributed by atoms with E-state index in [0.29, 0.717) is 0 Å². The highest BCUT2D eigenvalue weighted by atomic mass is 14.6. The van der Waals surface area contributed by atoms with E-state index >= 15 is 0 Å². The van der Waals surface area contributed by atoms with Crippen molar-refractivity contribution in [3.8, 4) is 0 Å². The average molecular weight is 288 g/mol. The molecule has 0 heteroatoms. The Labute approximate surface area is 133 Å². The van der Waals surface area contributed by atoms with E-state index in [1.54, 1.807) is 5.57 Å². The smallest absolute Gasteiger partial charge is 0.00202 e. The third-order valence-electron chi connectivity index (χ3n) is 6.77. The second-order valence-electron chi connectivity index (χ2n) is 7.71. The number of benzene rings is 1. The highest BCUT2D eigenvalue weighted by molar-refractivity contribution is 5.72. The third-order valence-corrected chi connectivity index (χ3v) is 6.77. The standard InChI is InChI=1S/C22H24/c1-2-6-15(7-3-1)16-8-4-9-17(12-16)21-13-18-14-22(21)20-11-5-10-19(18)20/h1-4,6-9,18-20,22H,5,10-14H2. The summed E-state index contributed by atoms with van der Waals surface area (Å²) in [5.74, 6) is 4.10. The highest BCUT2D eigenvalue weighted by Gasteiger charge is 2.51. The van der Waals surface area contributed by atoms with E-state index in [9.17, 15) is 0 Å². The summed E-state index contributed by atoms with van der Waals surface area (Å²) in [6.07, 6.45) is 15.6. The molecule has 4 unspecified atom stereocenters. The van der Waals surface area contributed by atoms with Gasteiger partial charge in [-0.3, -0.25) is 0 Å². The molecular formula is C22H24. The largest absolute Gasteiger partial charge is 0.0630 e.